The zero-order valence-electron chi connectivity index (χ0n) is 11.4. The molecule has 1 aromatic rings. The largest absolute Gasteiger partial charge is 0.444 e. The molecule has 1 atom stereocenters. The van der Waals surface area contributed by atoms with E-state index in [1.54, 1.807) is 0 Å². The van der Waals surface area contributed by atoms with Gasteiger partial charge in [0.05, 0.1) is 6.04 Å². The van der Waals surface area contributed by atoms with Crippen LogP contribution in [0.4, 0.5) is 4.79 Å². The summed E-state index contributed by atoms with van der Waals surface area (Å²) in [6.45, 7) is 5.52. The van der Waals surface area contributed by atoms with Gasteiger partial charge in [-0.3, -0.25) is 0 Å². The van der Waals surface area contributed by atoms with Crippen LogP contribution in [0.1, 0.15) is 38.8 Å². The summed E-state index contributed by atoms with van der Waals surface area (Å²) < 4.78 is 5.27. The van der Waals surface area contributed by atoms with Crippen LogP contribution in [-0.4, -0.2) is 17.0 Å². The molecule has 0 aromatic heterocycles. The van der Waals surface area contributed by atoms with Crippen molar-refractivity contribution in [2.24, 2.45) is 0 Å². The van der Waals surface area contributed by atoms with E-state index in [0.717, 1.165) is 17.3 Å². The summed E-state index contributed by atoms with van der Waals surface area (Å²) in [7, 11) is 0. The molecule has 0 aliphatic carbocycles. The molecule has 1 aromatic carbocycles. The third-order valence-corrected chi connectivity index (χ3v) is 3.07. The number of alkyl halides is 1. The van der Waals surface area contributed by atoms with Crippen molar-refractivity contribution in [3.63, 3.8) is 0 Å². The fourth-order valence-electron chi connectivity index (χ4n) is 1.58. The standard InChI is InChI=1S/C14H19BrClNO2/c1-14(2,3)19-13(18)17-12(8-9-15)10-4-6-11(16)7-5-10/h4-7,12H,8-9H2,1-3H3,(H,17,18). The molecule has 106 valence electrons. The van der Waals surface area contributed by atoms with Crippen LogP contribution >= 0.6 is 27.5 Å². The van der Waals surface area contributed by atoms with Crippen molar-refractivity contribution in [3.05, 3.63) is 34.9 Å². The minimum absolute atomic E-state index is 0.0912. The van der Waals surface area contributed by atoms with E-state index in [1.807, 2.05) is 45.0 Å². The highest BCUT2D eigenvalue weighted by atomic mass is 79.9. The summed E-state index contributed by atoms with van der Waals surface area (Å²) in [5.41, 5.74) is 0.512. The predicted molar refractivity (Wildman–Crippen MR) is 82.0 cm³/mol. The van der Waals surface area contributed by atoms with Crippen LogP contribution in [0.2, 0.25) is 5.02 Å². The lowest BCUT2D eigenvalue weighted by Gasteiger charge is -2.23. The van der Waals surface area contributed by atoms with Crippen molar-refractivity contribution >= 4 is 33.6 Å². The number of carbonyl (C=O) groups excluding carboxylic acids is 1. The van der Waals surface area contributed by atoms with Crippen molar-refractivity contribution in [1.29, 1.82) is 0 Å². The van der Waals surface area contributed by atoms with Crippen LogP contribution in [0.15, 0.2) is 24.3 Å². The Morgan fingerprint density at radius 1 is 1.37 bits per heavy atom. The molecule has 0 bridgehead atoms. The Kier molecular flexibility index (Phi) is 6.14. The Labute approximate surface area is 127 Å². The lowest BCUT2D eigenvalue weighted by molar-refractivity contribution is 0.0502. The van der Waals surface area contributed by atoms with Gasteiger partial charge in [0.1, 0.15) is 5.60 Å². The summed E-state index contributed by atoms with van der Waals surface area (Å²) in [4.78, 5) is 11.8. The average Bonchev–Trinajstić information content (AvgIpc) is 2.27. The monoisotopic (exact) mass is 347 g/mol. The van der Waals surface area contributed by atoms with Crippen LogP contribution in [0, 0.1) is 0 Å². The highest BCUT2D eigenvalue weighted by Crippen LogP contribution is 2.21. The van der Waals surface area contributed by atoms with E-state index >= 15 is 0 Å². The van der Waals surface area contributed by atoms with Gasteiger partial charge >= 0.3 is 6.09 Å². The summed E-state index contributed by atoms with van der Waals surface area (Å²) in [5, 5.41) is 4.34. The second-order valence-corrected chi connectivity index (χ2v) is 6.46. The van der Waals surface area contributed by atoms with Crippen molar-refractivity contribution in [3.8, 4) is 0 Å². The molecule has 0 aliphatic rings. The molecule has 0 aliphatic heterocycles. The van der Waals surface area contributed by atoms with E-state index < -0.39 is 11.7 Å². The van der Waals surface area contributed by atoms with Crippen LogP contribution in [0.5, 0.6) is 0 Å². The number of nitrogens with one attached hydrogen (secondary N) is 1. The Balaban J connectivity index is 2.73. The molecule has 0 heterocycles. The highest BCUT2D eigenvalue weighted by Gasteiger charge is 2.20. The predicted octanol–water partition coefficient (Wildman–Crippen LogP) is 4.69. The average molecular weight is 349 g/mol. The zero-order chi connectivity index (χ0) is 14.5. The lowest BCUT2D eigenvalue weighted by atomic mass is 10.1. The van der Waals surface area contributed by atoms with Gasteiger partial charge in [0, 0.05) is 10.4 Å². The maximum atomic E-state index is 11.8. The molecular formula is C14H19BrClNO2. The van der Waals surface area contributed by atoms with Crippen LogP contribution < -0.4 is 5.32 Å². The number of hydrogen-bond acceptors (Lipinski definition) is 2. The van der Waals surface area contributed by atoms with Gasteiger partial charge in [-0.1, -0.05) is 39.7 Å². The quantitative estimate of drug-likeness (QED) is 0.802. The normalized spacial score (nSPS) is 12.9. The van der Waals surface area contributed by atoms with Gasteiger partial charge in [-0.2, -0.15) is 0 Å². The van der Waals surface area contributed by atoms with Crippen LogP contribution in [0.25, 0.3) is 0 Å². The fourth-order valence-corrected chi connectivity index (χ4v) is 2.16. The Bertz CT molecular complexity index is 414. The number of alkyl carbamates (subject to hydrolysis) is 1. The van der Waals surface area contributed by atoms with E-state index in [4.69, 9.17) is 16.3 Å². The SMILES string of the molecule is CC(C)(C)OC(=O)NC(CCBr)c1ccc(Cl)cc1. The molecule has 3 nitrogen and oxygen atoms in total. The summed E-state index contributed by atoms with van der Waals surface area (Å²) in [6, 6.07) is 7.36. The number of halogens is 2. The van der Waals surface area contributed by atoms with Crippen molar-refractivity contribution in [1.82, 2.24) is 5.32 Å². The van der Waals surface area contributed by atoms with Gasteiger partial charge < -0.3 is 10.1 Å². The second-order valence-electron chi connectivity index (χ2n) is 5.23. The molecule has 0 spiro atoms. The third-order valence-electron chi connectivity index (χ3n) is 2.36. The third kappa shape index (κ3) is 6.30. The van der Waals surface area contributed by atoms with E-state index in [1.165, 1.54) is 0 Å². The lowest BCUT2D eigenvalue weighted by Crippen LogP contribution is -2.35. The zero-order valence-corrected chi connectivity index (χ0v) is 13.7. The number of rotatable bonds is 4. The van der Waals surface area contributed by atoms with Gasteiger partial charge in [0.2, 0.25) is 0 Å². The van der Waals surface area contributed by atoms with Crippen molar-refractivity contribution in [2.45, 2.75) is 38.8 Å². The van der Waals surface area contributed by atoms with Crippen LogP contribution in [0.3, 0.4) is 0 Å². The smallest absolute Gasteiger partial charge is 0.408 e. The second kappa shape index (κ2) is 7.15. The van der Waals surface area contributed by atoms with E-state index in [0.29, 0.717) is 5.02 Å². The minimum atomic E-state index is -0.497. The first kappa shape index (κ1) is 16.3. The summed E-state index contributed by atoms with van der Waals surface area (Å²) >= 11 is 9.26. The molecule has 1 N–H and O–H groups in total. The van der Waals surface area contributed by atoms with Crippen LogP contribution in [-0.2, 0) is 4.74 Å². The van der Waals surface area contributed by atoms with E-state index in [2.05, 4.69) is 21.2 Å². The molecule has 1 unspecified atom stereocenters. The summed E-state index contributed by atoms with van der Waals surface area (Å²) in [6.07, 6.45) is 0.370. The molecular weight excluding hydrogens is 330 g/mol. The van der Waals surface area contributed by atoms with Gasteiger partial charge in [-0.15, -0.1) is 0 Å². The first-order chi connectivity index (χ1) is 8.81. The first-order valence-electron chi connectivity index (χ1n) is 6.13. The number of carbonyl (C=O) groups is 1. The number of benzene rings is 1. The minimum Gasteiger partial charge on any atom is -0.444 e. The Morgan fingerprint density at radius 3 is 2.42 bits per heavy atom. The molecule has 0 saturated heterocycles. The van der Waals surface area contributed by atoms with E-state index in [9.17, 15) is 4.79 Å². The van der Waals surface area contributed by atoms with Gasteiger partial charge in [-0.05, 0) is 44.9 Å². The molecule has 5 heteroatoms. The molecule has 0 radical (unpaired) electrons. The van der Waals surface area contributed by atoms with Gasteiger partial charge in [-0.25, -0.2) is 4.79 Å². The highest BCUT2D eigenvalue weighted by molar-refractivity contribution is 9.09. The number of ether oxygens (including phenoxy) is 1. The Morgan fingerprint density at radius 2 is 1.95 bits per heavy atom. The number of amides is 1. The van der Waals surface area contributed by atoms with Crippen molar-refractivity contribution in [2.75, 3.05) is 5.33 Å². The maximum Gasteiger partial charge on any atom is 0.408 e. The van der Waals surface area contributed by atoms with Crippen molar-refractivity contribution < 1.29 is 9.53 Å². The molecule has 19 heavy (non-hydrogen) atoms. The van der Waals surface area contributed by atoms with E-state index in [-0.39, 0.29) is 6.04 Å². The first-order valence-corrected chi connectivity index (χ1v) is 7.63. The Hall–Kier alpha value is -0.740. The maximum absolute atomic E-state index is 11.8. The number of hydrogen-bond donors (Lipinski definition) is 1. The molecule has 1 rings (SSSR count). The molecule has 0 saturated carbocycles. The van der Waals surface area contributed by atoms with Gasteiger partial charge in [0.25, 0.3) is 0 Å². The topological polar surface area (TPSA) is 38.3 Å². The van der Waals surface area contributed by atoms with Gasteiger partial charge in [0.15, 0.2) is 0 Å². The fraction of sp³-hybridized carbons (Fsp3) is 0.500. The summed E-state index contributed by atoms with van der Waals surface area (Å²) in [5.74, 6) is 0. The molecule has 1 amide bonds. The molecule has 0 fully saturated rings.